The van der Waals surface area contributed by atoms with Crippen LogP contribution in [0.2, 0.25) is 0 Å². The van der Waals surface area contributed by atoms with Crippen molar-refractivity contribution in [3.63, 3.8) is 0 Å². The second kappa shape index (κ2) is 19.3. The Balaban J connectivity index is 1.83. The van der Waals surface area contributed by atoms with Crippen LogP contribution in [0, 0.1) is 0 Å². The second-order valence-corrected chi connectivity index (χ2v) is 9.59. The number of hydrogen-bond acceptors (Lipinski definition) is 4. The van der Waals surface area contributed by atoms with Crippen molar-refractivity contribution in [2.45, 2.75) is 123 Å². The lowest BCUT2D eigenvalue weighted by atomic mass is 10.0. The average molecular weight is 452 g/mol. The molecular weight excluding hydrogens is 406 g/mol. The molecule has 1 rings (SSSR count). The Morgan fingerprint density at radius 2 is 1.32 bits per heavy atom. The zero-order valence-electron chi connectivity index (χ0n) is 20.0. The molecule has 0 saturated carbocycles. The van der Waals surface area contributed by atoms with Gasteiger partial charge in [-0.05, 0) is 24.8 Å². The van der Waals surface area contributed by atoms with Crippen LogP contribution in [-0.2, 0) is 9.53 Å². The van der Waals surface area contributed by atoms with Crippen LogP contribution in [0.3, 0.4) is 0 Å². The van der Waals surface area contributed by atoms with E-state index in [0.29, 0.717) is 11.5 Å². The van der Waals surface area contributed by atoms with E-state index in [0.717, 1.165) is 12.8 Å². The van der Waals surface area contributed by atoms with Gasteiger partial charge in [0.1, 0.15) is 6.04 Å². The van der Waals surface area contributed by atoms with Crippen LogP contribution in [0.5, 0.6) is 0 Å². The van der Waals surface area contributed by atoms with E-state index in [2.05, 4.69) is 12.2 Å². The van der Waals surface area contributed by atoms with Crippen molar-refractivity contribution in [3.8, 4) is 0 Å². The number of esters is 1. The molecule has 0 unspecified atom stereocenters. The van der Waals surface area contributed by atoms with Gasteiger partial charge in [0, 0.05) is 0 Å². The summed E-state index contributed by atoms with van der Waals surface area (Å²) in [5, 5.41) is 4.53. The van der Waals surface area contributed by atoms with Crippen LogP contribution >= 0.6 is 11.3 Å². The Bertz CT molecular complexity index is 559. The maximum absolute atomic E-state index is 12.0. The van der Waals surface area contributed by atoms with Crippen LogP contribution in [0.25, 0.3) is 0 Å². The highest BCUT2D eigenvalue weighted by Crippen LogP contribution is 2.14. The highest BCUT2D eigenvalue weighted by atomic mass is 32.1. The molecule has 4 nitrogen and oxygen atoms in total. The highest BCUT2D eigenvalue weighted by molar-refractivity contribution is 7.12. The molecule has 0 aliphatic carbocycles. The third-order valence-electron chi connectivity index (χ3n) is 5.69. The van der Waals surface area contributed by atoms with E-state index >= 15 is 0 Å². The topological polar surface area (TPSA) is 55.4 Å². The summed E-state index contributed by atoms with van der Waals surface area (Å²) in [6, 6.07) is 2.95. The molecule has 1 aromatic rings. The first-order chi connectivity index (χ1) is 15.1. The van der Waals surface area contributed by atoms with E-state index in [1.165, 1.54) is 101 Å². The molecule has 31 heavy (non-hydrogen) atoms. The molecule has 0 aliphatic heterocycles. The van der Waals surface area contributed by atoms with E-state index in [1.807, 2.05) is 11.4 Å². The summed E-state index contributed by atoms with van der Waals surface area (Å²) in [6.45, 7) is 4.38. The molecule has 0 radical (unpaired) electrons. The molecule has 0 aromatic carbocycles. The van der Waals surface area contributed by atoms with E-state index in [9.17, 15) is 9.59 Å². The molecule has 0 bridgehead atoms. The fourth-order valence-electron chi connectivity index (χ4n) is 3.68. The largest absolute Gasteiger partial charge is 0.464 e. The lowest BCUT2D eigenvalue weighted by Crippen LogP contribution is -2.39. The van der Waals surface area contributed by atoms with E-state index < -0.39 is 6.04 Å². The summed E-state index contributed by atoms with van der Waals surface area (Å²) in [6.07, 6.45) is 21.2. The predicted molar refractivity (Wildman–Crippen MR) is 132 cm³/mol. The van der Waals surface area contributed by atoms with Gasteiger partial charge in [0.15, 0.2) is 0 Å². The second-order valence-electron chi connectivity index (χ2n) is 8.64. The quantitative estimate of drug-likeness (QED) is 0.163. The summed E-state index contributed by atoms with van der Waals surface area (Å²) in [5.41, 5.74) is 0. The Kier molecular flexibility index (Phi) is 17.3. The summed E-state index contributed by atoms with van der Waals surface area (Å²) >= 11 is 1.36. The van der Waals surface area contributed by atoms with Crippen molar-refractivity contribution in [1.82, 2.24) is 5.32 Å². The number of carbonyl (C=O) groups is 2. The third kappa shape index (κ3) is 15.1. The first-order valence-electron chi connectivity index (χ1n) is 12.7. The number of thiophene rings is 1. The van der Waals surface area contributed by atoms with Gasteiger partial charge in [0.2, 0.25) is 0 Å². The molecule has 0 spiro atoms. The van der Waals surface area contributed by atoms with Gasteiger partial charge in [0.25, 0.3) is 5.91 Å². The standard InChI is InChI=1S/C26H45NO3S/c1-3-4-5-6-7-8-9-10-11-12-13-14-15-16-17-18-21-30-26(29)23(2)27-25(28)24-20-19-22-31-24/h19-20,22-23H,3-18,21H2,1-2H3,(H,27,28)/t23-/m0/s1. The fourth-order valence-corrected chi connectivity index (χ4v) is 4.31. The van der Waals surface area contributed by atoms with Crippen molar-refractivity contribution in [2.24, 2.45) is 0 Å². The van der Waals surface area contributed by atoms with E-state index in [4.69, 9.17) is 4.74 Å². The zero-order chi connectivity index (χ0) is 22.6. The molecule has 1 atom stereocenters. The lowest BCUT2D eigenvalue weighted by molar-refractivity contribution is -0.145. The molecule has 1 heterocycles. The molecule has 0 saturated heterocycles. The molecule has 0 aliphatic rings. The molecule has 0 fully saturated rings. The van der Waals surface area contributed by atoms with E-state index in [1.54, 1.807) is 13.0 Å². The van der Waals surface area contributed by atoms with Crippen molar-refractivity contribution >= 4 is 23.2 Å². The minimum atomic E-state index is -0.615. The minimum absolute atomic E-state index is 0.221. The lowest BCUT2D eigenvalue weighted by Gasteiger charge is -2.12. The van der Waals surface area contributed by atoms with Gasteiger partial charge in [0.05, 0.1) is 11.5 Å². The maximum Gasteiger partial charge on any atom is 0.328 e. The SMILES string of the molecule is CCCCCCCCCCCCCCCCCCOC(=O)[C@H](C)NC(=O)c1cccs1. The zero-order valence-corrected chi connectivity index (χ0v) is 20.8. The van der Waals surface area contributed by atoms with Gasteiger partial charge in [-0.1, -0.05) is 109 Å². The van der Waals surface area contributed by atoms with Gasteiger partial charge < -0.3 is 10.1 Å². The number of unbranched alkanes of at least 4 members (excludes halogenated alkanes) is 15. The minimum Gasteiger partial charge on any atom is -0.464 e. The molecular formula is C26H45NO3S. The number of hydrogen-bond donors (Lipinski definition) is 1. The Morgan fingerprint density at radius 3 is 1.77 bits per heavy atom. The predicted octanol–water partition coefficient (Wildman–Crippen LogP) is 7.67. The normalized spacial score (nSPS) is 11.9. The molecule has 178 valence electrons. The van der Waals surface area contributed by atoms with Gasteiger partial charge in [-0.2, -0.15) is 0 Å². The number of rotatable bonds is 20. The first-order valence-corrected chi connectivity index (χ1v) is 13.5. The monoisotopic (exact) mass is 451 g/mol. The van der Waals surface area contributed by atoms with Crippen LogP contribution < -0.4 is 5.32 Å². The fraction of sp³-hybridized carbons (Fsp3) is 0.769. The van der Waals surface area contributed by atoms with Gasteiger partial charge in [-0.3, -0.25) is 4.79 Å². The van der Waals surface area contributed by atoms with Crippen LogP contribution in [-0.4, -0.2) is 24.5 Å². The van der Waals surface area contributed by atoms with Crippen molar-refractivity contribution < 1.29 is 14.3 Å². The average Bonchev–Trinajstić information content (AvgIpc) is 3.31. The summed E-state index contributed by atoms with van der Waals surface area (Å²) in [7, 11) is 0. The molecule has 1 N–H and O–H groups in total. The first kappa shape index (κ1) is 27.7. The van der Waals surface area contributed by atoms with Crippen LogP contribution in [0.4, 0.5) is 0 Å². The van der Waals surface area contributed by atoms with Gasteiger partial charge >= 0.3 is 5.97 Å². The van der Waals surface area contributed by atoms with Gasteiger partial charge in [-0.25, -0.2) is 4.79 Å². The molecule has 1 amide bonds. The third-order valence-corrected chi connectivity index (χ3v) is 6.56. The Labute approximate surface area is 194 Å². The Morgan fingerprint density at radius 1 is 0.839 bits per heavy atom. The van der Waals surface area contributed by atoms with Crippen LogP contribution in [0.15, 0.2) is 17.5 Å². The summed E-state index contributed by atoms with van der Waals surface area (Å²) < 4.78 is 5.29. The smallest absolute Gasteiger partial charge is 0.328 e. The van der Waals surface area contributed by atoms with Gasteiger partial charge in [-0.15, -0.1) is 11.3 Å². The molecule has 1 aromatic heterocycles. The highest BCUT2D eigenvalue weighted by Gasteiger charge is 2.18. The maximum atomic E-state index is 12.0. The van der Waals surface area contributed by atoms with Crippen molar-refractivity contribution in [2.75, 3.05) is 6.61 Å². The molecule has 5 heteroatoms. The number of ether oxygens (including phenoxy) is 1. The number of carbonyl (C=O) groups excluding carboxylic acids is 2. The Hall–Kier alpha value is -1.36. The summed E-state index contributed by atoms with van der Waals surface area (Å²) in [5.74, 6) is -0.576. The van der Waals surface area contributed by atoms with Crippen molar-refractivity contribution in [1.29, 1.82) is 0 Å². The van der Waals surface area contributed by atoms with Crippen LogP contribution in [0.1, 0.15) is 126 Å². The summed E-state index contributed by atoms with van der Waals surface area (Å²) in [4.78, 5) is 24.5. The van der Waals surface area contributed by atoms with E-state index in [-0.39, 0.29) is 11.9 Å². The van der Waals surface area contributed by atoms with Crippen molar-refractivity contribution in [3.05, 3.63) is 22.4 Å². The number of nitrogens with one attached hydrogen (secondary N) is 1. The number of amides is 1.